The van der Waals surface area contributed by atoms with Crippen molar-refractivity contribution in [2.24, 2.45) is 0 Å². The van der Waals surface area contributed by atoms with Crippen molar-refractivity contribution in [3.8, 4) is 56.4 Å². The maximum Gasteiger partial charge on any atom is 0.164 e. The zero-order chi connectivity index (χ0) is 34.3. The second kappa shape index (κ2) is 12.6. The van der Waals surface area contributed by atoms with Gasteiger partial charge < -0.3 is 0 Å². The summed E-state index contributed by atoms with van der Waals surface area (Å²) in [5.41, 5.74) is 11.9. The summed E-state index contributed by atoms with van der Waals surface area (Å²) in [4.78, 5) is 14.7. The lowest BCUT2D eigenvalue weighted by Gasteiger charge is -2.27. The molecule has 0 amide bonds. The van der Waals surface area contributed by atoms with Crippen molar-refractivity contribution in [3.05, 3.63) is 138 Å². The Morgan fingerprint density at radius 3 is 0.958 bits per heavy atom. The lowest BCUT2D eigenvalue weighted by Crippen LogP contribution is -2.16. The number of rotatable bonds is 5. The van der Waals surface area contributed by atoms with Gasteiger partial charge in [-0.05, 0) is 61.3 Å². The molecule has 0 aliphatic carbocycles. The molecule has 3 heteroatoms. The van der Waals surface area contributed by atoms with Gasteiger partial charge in [-0.1, -0.05) is 178 Å². The van der Waals surface area contributed by atoms with Crippen LogP contribution >= 0.6 is 0 Å². The van der Waals surface area contributed by atoms with E-state index in [4.69, 9.17) is 15.0 Å². The lowest BCUT2D eigenvalue weighted by atomic mass is 9.78. The standard InChI is InChI=1S/C45H47N3/c1-43(2,3)37-25-34(24-35(26-37)36-27-38(44(4,5)6)29-39(28-36)45(7,8)9)30-20-22-33(23-21-30)42-47-40(31-16-12-10-13-17-31)46-41(48-42)32-18-14-11-15-19-32/h10-29H,1-9H3. The van der Waals surface area contributed by atoms with Crippen LogP contribution in [0.15, 0.2) is 121 Å². The van der Waals surface area contributed by atoms with Crippen LogP contribution < -0.4 is 0 Å². The molecule has 5 aromatic carbocycles. The number of nitrogens with zero attached hydrogens (tertiary/aromatic N) is 3. The Hall–Kier alpha value is -4.89. The van der Waals surface area contributed by atoms with Crippen LogP contribution in [0.25, 0.3) is 56.4 Å². The fraction of sp³-hybridized carbons (Fsp3) is 0.267. The van der Waals surface area contributed by atoms with E-state index < -0.39 is 0 Å². The highest BCUT2D eigenvalue weighted by atomic mass is 15.0. The third-order valence-electron chi connectivity index (χ3n) is 8.97. The Morgan fingerprint density at radius 2 is 0.583 bits per heavy atom. The van der Waals surface area contributed by atoms with Crippen LogP contribution in [-0.4, -0.2) is 15.0 Å². The molecule has 1 heterocycles. The number of hydrogen-bond donors (Lipinski definition) is 0. The summed E-state index contributed by atoms with van der Waals surface area (Å²) in [6, 6.07) is 43.1. The summed E-state index contributed by atoms with van der Waals surface area (Å²) >= 11 is 0. The monoisotopic (exact) mass is 629 g/mol. The maximum atomic E-state index is 4.94. The van der Waals surface area contributed by atoms with Gasteiger partial charge in [-0.25, -0.2) is 15.0 Å². The van der Waals surface area contributed by atoms with E-state index >= 15 is 0 Å². The zero-order valence-electron chi connectivity index (χ0n) is 29.9. The summed E-state index contributed by atoms with van der Waals surface area (Å²) in [7, 11) is 0. The highest BCUT2D eigenvalue weighted by Gasteiger charge is 2.23. The van der Waals surface area contributed by atoms with E-state index in [1.807, 2.05) is 60.7 Å². The molecule has 3 nitrogen and oxygen atoms in total. The van der Waals surface area contributed by atoms with Crippen LogP contribution in [0.2, 0.25) is 0 Å². The summed E-state index contributed by atoms with van der Waals surface area (Å²) < 4.78 is 0. The van der Waals surface area contributed by atoms with Crippen molar-refractivity contribution >= 4 is 0 Å². The predicted octanol–water partition coefficient (Wildman–Crippen LogP) is 12.1. The number of aromatic nitrogens is 3. The van der Waals surface area contributed by atoms with Gasteiger partial charge in [-0.3, -0.25) is 0 Å². The Morgan fingerprint density at radius 1 is 0.292 bits per heavy atom. The van der Waals surface area contributed by atoms with Crippen molar-refractivity contribution in [2.75, 3.05) is 0 Å². The van der Waals surface area contributed by atoms with Crippen molar-refractivity contribution in [1.82, 2.24) is 15.0 Å². The molecule has 0 N–H and O–H groups in total. The molecule has 0 radical (unpaired) electrons. The van der Waals surface area contributed by atoms with Gasteiger partial charge in [0.25, 0.3) is 0 Å². The van der Waals surface area contributed by atoms with Gasteiger partial charge in [0.1, 0.15) is 0 Å². The van der Waals surface area contributed by atoms with Crippen LogP contribution in [0.4, 0.5) is 0 Å². The van der Waals surface area contributed by atoms with Gasteiger partial charge in [0.15, 0.2) is 17.5 Å². The Kier molecular flexibility index (Phi) is 8.68. The molecule has 0 saturated heterocycles. The minimum absolute atomic E-state index is 0.00818. The molecule has 0 aliphatic heterocycles. The molecular formula is C45H47N3. The van der Waals surface area contributed by atoms with E-state index in [1.54, 1.807) is 0 Å². The molecule has 0 bridgehead atoms. The average Bonchev–Trinajstić information content (AvgIpc) is 3.07. The fourth-order valence-corrected chi connectivity index (χ4v) is 5.80. The molecule has 0 saturated carbocycles. The van der Waals surface area contributed by atoms with Crippen LogP contribution in [0.1, 0.15) is 79.0 Å². The molecule has 6 rings (SSSR count). The summed E-state index contributed by atoms with van der Waals surface area (Å²) in [6.07, 6.45) is 0. The summed E-state index contributed by atoms with van der Waals surface area (Å²) in [6.45, 7) is 20.7. The highest BCUT2D eigenvalue weighted by Crippen LogP contribution is 2.38. The maximum absolute atomic E-state index is 4.94. The highest BCUT2D eigenvalue weighted by molar-refractivity contribution is 5.77. The summed E-state index contributed by atoms with van der Waals surface area (Å²) in [5.74, 6) is 1.99. The fourth-order valence-electron chi connectivity index (χ4n) is 5.80. The Labute approximate surface area is 287 Å². The molecular weight excluding hydrogens is 583 g/mol. The largest absolute Gasteiger partial charge is 0.208 e. The second-order valence-electron chi connectivity index (χ2n) is 16.0. The van der Waals surface area contributed by atoms with Crippen molar-refractivity contribution in [3.63, 3.8) is 0 Å². The van der Waals surface area contributed by atoms with E-state index in [9.17, 15) is 0 Å². The minimum atomic E-state index is -0.00818. The van der Waals surface area contributed by atoms with Crippen molar-refractivity contribution < 1.29 is 0 Å². The van der Waals surface area contributed by atoms with Crippen molar-refractivity contribution in [1.29, 1.82) is 0 Å². The van der Waals surface area contributed by atoms with E-state index in [2.05, 4.69) is 123 Å². The van der Waals surface area contributed by atoms with Gasteiger partial charge in [0, 0.05) is 16.7 Å². The Balaban J connectivity index is 1.45. The molecule has 0 spiro atoms. The SMILES string of the molecule is CC(C)(C)c1cc(-c2ccc(-c3nc(-c4ccccc4)nc(-c4ccccc4)n3)cc2)cc(-c2cc(C(C)(C)C)cc(C(C)(C)C)c2)c1. The second-order valence-corrected chi connectivity index (χ2v) is 16.0. The zero-order valence-corrected chi connectivity index (χ0v) is 29.9. The first-order valence-corrected chi connectivity index (χ1v) is 16.9. The third kappa shape index (κ3) is 7.31. The smallest absolute Gasteiger partial charge is 0.164 e. The molecule has 0 atom stereocenters. The number of hydrogen-bond acceptors (Lipinski definition) is 3. The van der Waals surface area contributed by atoms with Crippen LogP contribution in [0.5, 0.6) is 0 Å². The van der Waals surface area contributed by atoms with Gasteiger partial charge in [0.05, 0.1) is 0 Å². The molecule has 6 aromatic rings. The van der Waals surface area contributed by atoms with Crippen LogP contribution in [0, 0.1) is 0 Å². The quantitative estimate of drug-likeness (QED) is 0.190. The minimum Gasteiger partial charge on any atom is -0.208 e. The first-order chi connectivity index (χ1) is 22.6. The lowest BCUT2D eigenvalue weighted by molar-refractivity contribution is 0.569. The molecule has 1 aromatic heterocycles. The van der Waals surface area contributed by atoms with E-state index in [-0.39, 0.29) is 16.2 Å². The molecule has 242 valence electrons. The first kappa shape index (κ1) is 33.0. The van der Waals surface area contributed by atoms with Gasteiger partial charge in [-0.15, -0.1) is 0 Å². The first-order valence-electron chi connectivity index (χ1n) is 16.9. The molecule has 48 heavy (non-hydrogen) atoms. The van der Waals surface area contributed by atoms with E-state index in [0.29, 0.717) is 17.5 Å². The van der Waals surface area contributed by atoms with E-state index in [0.717, 1.165) is 22.3 Å². The predicted molar refractivity (Wildman–Crippen MR) is 203 cm³/mol. The third-order valence-corrected chi connectivity index (χ3v) is 8.97. The van der Waals surface area contributed by atoms with Gasteiger partial charge in [-0.2, -0.15) is 0 Å². The molecule has 0 aliphatic rings. The average molecular weight is 630 g/mol. The van der Waals surface area contributed by atoms with Crippen molar-refractivity contribution in [2.45, 2.75) is 78.6 Å². The van der Waals surface area contributed by atoms with Gasteiger partial charge in [0.2, 0.25) is 0 Å². The van der Waals surface area contributed by atoms with Gasteiger partial charge >= 0.3 is 0 Å². The topological polar surface area (TPSA) is 38.7 Å². The summed E-state index contributed by atoms with van der Waals surface area (Å²) in [5, 5.41) is 0. The number of benzene rings is 5. The van der Waals surface area contributed by atoms with E-state index in [1.165, 1.54) is 33.4 Å². The van der Waals surface area contributed by atoms with Crippen LogP contribution in [0.3, 0.4) is 0 Å². The van der Waals surface area contributed by atoms with Crippen LogP contribution in [-0.2, 0) is 16.2 Å². The Bertz CT molecular complexity index is 1950. The molecule has 0 fully saturated rings. The normalized spacial score (nSPS) is 12.3. The molecule has 0 unspecified atom stereocenters.